The van der Waals surface area contributed by atoms with Crippen molar-refractivity contribution >= 4 is 11.5 Å². The number of amides is 1. The summed E-state index contributed by atoms with van der Waals surface area (Å²) in [6.45, 7) is 14.1. The number of nitroso groups, excluding NO2 is 1. The number of nitrogens with one attached hydrogen (secondary N) is 2. The van der Waals surface area contributed by atoms with E-state index in [1.165, 1.54) is 18.2 Å². The molecule has 0 radical (unpaired) electrons. The molecule has 2 atom stereocenters. The SMILES string of the molecule is C=C(C)NCC(Cc1ccc(/C(C)=C/N2C=CC=C(C(C)N=O)C2=C)cc1)NC(=O)c1ccc(O)c(C#N)c1. The van der Waals surface area contributed by atoms with Crippen molar-refractivity contribution in [2.24, 2.45) is 5.18 Å². The molecule has 39 heavy (non-hydrogen) atoms. The number of carbonyl (C=O) groups is 1. The number of benzene rings is 2. The van der Waals surface area contributed by atoms with Gasteiger partial charge in [-0.15, -0.1) is 0 Å². The highest BCUT2D eigenvalue weighted by molar-refractivity contribution is 5.95. The van der Waals surface area contributed by atoms with Crippen LogP contribution in [0.1, 0.15) is 47.8 Å². The van der Waals surface area contributed by atoms with Crippen LogP contribution in [0.25, 0.3) is 5.57 Å². The van der Waals surface area contributed by atoms with Gasteiger partial charge >= 0.3 is 0 Å². The molecule has 0 fully saturated rings. The second kappa shape index (κ2) is 13.1. The molecule has 3 rings (SSSR count). The zero-order chi connectivity index (χ0) is 28.5. The number of allylic oxidation sites excluding steroid dienone is 4. The maximum absolute atomic E-state index is 12.9. The minimum atomic E-state index is -0.479. The second-order valence-corrected chi connectivity index (χ2v) is 9.49. The highest BCUT2D eigenvalue weighted by Gasteiger charge is 2.19. The number of hydrogen-bond donors (Lipinski definition) is 3. The average Bonchev–Trinajstić information content (AvgIpc) is 2.92. The van der Waals surface area contributed by atoms with Gasteiger partial charge in [0.2, 0.25) is 0 Å². The Hall–Kier alpha value is -4.90. The summed E-state index contributed by atoms with van der Waals surface area (Å²) in [4.78, 5) is 25.8. The minimum absolute atomic E-state index is 0.0454. The topological polar surface area (TPSA) is 118 Å². The van der Waals surface area contributed by atoms with E-state index in [1.54, 1.807) is 6.92 Å². The first-order chi connectivity index (χ1) is 18.6. The molecule has 200 valence electrons. The minimum Gasteiger partial charge on any atom is -0.507 e. The van der Waals surface area contributed by atoms with E-state index in [4.69, 9.17) is 5.26 Å². The van der Waals surface area contributed by atoms with E-state index in [2.05, 4.69) is 29.0 Å². The number of phenols is 1. The molecule has 0 aliphatic carbocycles. The molecular formula is C31H33N5O3. The maximum Gasteiger partial charge on any atom is 0.251 e. The van der Waals surface area contributed by atoms with Crippen LogP contribution in [0.4, 0.5) is 0 Å². The molecule has 2 aromatic rings. The Morgan fingerprint density at radius 1 is 1.21 bits per heavy atom. The fourth-order valence-corrected chi connectivity index (χ4v) is 4.11. The van der Waals surface area contributed by atoms with Gasteiger partial charge in [0.05, 0.1) is 11.6 Å². The lowest BCUT2D eigenvalue weighted by Crippen LogP contribution is -2.43. The van der Waals surface area contributed by atoms with Crippen LogP contribution in [0.15, 0.2) is 102 Å². The van der Waals surface area contributed by atoms with Crippen LogP contribution >= 0.6 is 0 Å². The van der Waals surface area contributed by atoms with Crippen LogP contribution in [-0.4, -0.2) is 34.5 Å². The molecule has 1 heterocycles. The Bertz CT molecular complexity index is 1400. The lowest BCUT2D eigenvalue weighted by Gasteiger charge is -2.25. The fraction of sp³-hybridized carbons (Fsp3) is 0.226. The normalized spacial score (nSPS) is 14.6. The van der Waals surface area contributed by atoms with Crippen LogP contribution in [-0.2, 0) is 6.42 Å². The van der Waals surface area contributed by atoms with E-state index in [1.807, 2.05) is 73.6 Å². The third-order valence-corrected chi connectivity index (χ3v) is 6.36. The van der Waals surface area contributed by atoms with E-state index < -0.39 is 6.04 Å². The third-order valence-electron chi connectivity index (χ3n) is 6.36. The molecule has 0 spiro atoms. The lowest BCUT2D eigenvalue weighted by atomic mass is 10.00. The third kappa shape index (κ3) is 7.55. The molecule has 0 aromatic heterocycles. The van der Waals surface area contributed by atoms with Crippen molar-refractivity contribution in [1.29, 1.82) is 5.26 Å². The maximum atomic E-state index is 12.9. The summed E-state index contributed by atoms with van der Waals surface area (Å²) in [5.41, 5.74) is 5.67. The molecule has 1 amide bonds. The molecule has 0 saturated heterocycles. The Kier molecular flexibility index (Phi) is 9.60. The van der Waals surface area contributed by atoms with Gasteiger partial charge in [-0.2, -0.15) is 10.2 Å². The number of aromatic hydroxyl groups is 1. The molecule has 1 aliphatic heterocycles. The number of carbonyl (C=O) groups excluding carboxylic acids is 1. The van der Waals surface area contributed by atoms with Crippen molar-refractivity contribution in [1.82, 2.24) is 15.5 Å². The zero-order valence-corrected chi connectivity index (χ0v) is 22.4. The molecule has 0 saturated carbocycles. The first-order valence-electron chi connectivity index (χ1n) is 12.5. The summed E-state index contributed by atoms with van der Waals surface area (Å²) in [5.74, 6) is -0.498. The smallest absolute Gasteiger partial charge is 0.251 e. The van der Waals surface area contributed by atoms with Gasteiger partial charge in [-0.25, -0.2) is 0 Å². The van der Waals surface area contributed by atoms with Gasteiger partial charge in [-0.1, -0.05) is 48.7 Å². The number of hydrogen-bond acceptors (Lipinski definition) is 7. The molecule has 3 N–H and O–H groups in total. The van der Waals surface area contributed by atoms with Crippen molar-refractivity contribution in [3.8, 4) is 11.8 Å². The monoisotopic (exact) mass is 523 g/mol. The Morgan fingerprint density at radius 3 is 2.54 bits per heavy atom. The zero-order valence-electron chi connectivity index (χ0n) is 22.4. The highest BCUT2D eigenvalue weighted by Crippen LogP contribution is 2.26. The van der Waals surface area contributed by atoms with Crippen molar-refractivity contribution in [2.45, 2.75) is 39.3 Å². The summed E-state index contributed by atoms with van der Waals surface area (Å²) in [6, 6.07) is 13.4. The van der Waals surface area contributed by atoms with Crippen molar-refractivity contribution < 1.29 is 9.90 Å². The highest BCUT2D eigenvalue weighted by atomic mass is 16.3. The van der Waals surface area contributed by atoms with Crippen LogP contribution in [0.3, 0.4) is 0 Å². The van der Waals surface area contributed by atoms with Gasteiger partial charge in [0.15, 0.2) is 0 Å². The van der Waals surface area contributed by atoms with Crippen molar-refractivity contribution in [2.75, 3.05) is 6.54 Å². The summed E-state index contributed by atoms with van der Waals surface area (Å²) in [6.07, 6.45) is 8.13. The first kappa shape index (κ1) is 28.7. The quantitative estimate of drug-likeness (QED) is 0.334. The van der Waals surface area contributed by atoms with Crippen LogP contribution < -0.4 is 10.6 Å². The summed E-state index contributed by atoms with van der Waals surface area (Å²) < 4.78 is 0. The van der Waals surface area contributed by atoms with Crippen molar-refractivity contribution in [3.05, 3.63) is 124 Å². The van der Waals surface area contributed by atoms with Gasteiger partial charge in [-0.3, -0.25) is 4.79 Å². The summed E-state index contributed by atoms with van der Waals surface area (Å²) >= 11 is 0. The Balaban J connectivity index is 1.72. The molecule has 2 unspecified atom stereocenters. The fourth-order valence-electron chi connectivity index (χ4n) is 4.11. The predicted octanol–water partition coefficient (Wildman–Crippen LogP) is 5.51. The molecule has 2 aromatic carbocycles. The Labute approximate surface area is 229 Å². The molecular weight excluding hydrogens is 490 g/mol. The Morgan fingerprint density at radius 2 is 1.90 bits per heavy atom. The van der Waals surface area contributed by atoms with Crippen LogP contribution in [0.2, 0.25) is 0 Å². The van der Waals surface area contributed by atoms with Gasteiger partial charge in [-0.05, 0) is 68.2 Å². The standard InChI is InChI=1S/C31H33N5O3/c1-20(2)33-18-28(34-31(38)26-12-13-30(37)27(16-26)17-32)15-24-8-10-25(11-9-24)21(3)19-36-14-6-7-29(23(36)5)22(4)35-39/h6-14,16,19,22,28,33,37H,1,5,15,18H2,2-4H3,(H,34,38)/b21-19+. The van der Waals surface area contributed by atoms with E-state index in [0.717, 1.165) is 28.0 Å². The lowest BCUT2D eigenvalue weighted by molar-refractivity contribution is 0.0936. The van der Waals surface area contributed by atoms with E-state index in [9.17, 15) is 14.8 Å². The summed E-state index contributed by atoms with van der Waals surface area (Å²) in [5, 5.41) is 28.2. The molecule has 8 nitrogen and oxygen atoms in total. The second-order valence-electron chi connectivity index (χ2n) is 9.49. The van der Waals surface area contributed by atoms with Gasteiger partial charge < -0.3 is 20.6 Å². The van der Waals surface area contributed by atoms with Gasteiger partial charge in [0, 0.05) is 41.5 Å². The van der Waals surface area contributed by atoms with E-state index in [-0.39, 0.29) is 23.3 Å². The van der Waals surface area contributed by atoms with Gasteiger partial charge in [0.1, 0.15) is 17.9 Å². The molecule has 1 aliphatic rings. The largest absolute Gasteiger partial charge is 0.507 e. The van der Waals surface area contributed by atoms with Gasteiger partial charge in [0.25, 0.3) is 5.91 Å². The number of nitriles is 1. The van der Waals surface area contributed by atoms with Crippen molar-refractivity contribution in [3.63, 3.8) is 0 Å². The predicted molar refractivity (Wildman–Crippen MR) is 154 cm³/mol. The first-order valence-corrected chi connectivity index (χ1v) is 12.5. The van der Waals surface area contributed by atoms with E-state index >= 15 is 0 Å². The van der Waals surface area contributed by atoms with Crippen LogP contribution in [0, 0.1) is 16.2 Å². The summed E-state index contributed by atoms with van der Waals surface area (Å²) in [7, 11) is 0. The molecule has 0 bridgehead atoms. The van der Waals surface area contributed by atoms with E-state index in [0.29, 0.717) is 24.2 Å². The molecule has 8 heteroatoms. The number of phenolic OH excluding ortho intramolecular Hbond substituents is 1. The average molecular weight is 524 g/mol. The number of rotatable bonds is 11. The van der Waals surface area contributed by atoms with Crippen LogP contribution in [0.5, 0.6) is 5.75 Å². The number of nitrogens with zero attached hydrogens (tertiary/aromatic N) is 3.